The fraction of sp³-hybridized carbons (Fsp3) is 0.684. The van der Waals surface area contributed by atoms with E-state index in [2.05, 4.69) is 46.6 Å². The predicted molar refractivity (Wildman–Crippen MR) is 94.8 cm³/mol. The highest BCUT2D eigenvalue weighted by Crippen LogP contribution is 2.33. The van der Waals surface area contributed by atoms with Crippen molar-refractivity contribution in [3.05, 3.63) is 35.2 Å². The van der Waals surface area contributed by atoms with E-state index in [1.54, 1.807) is 0 Å². The third-order valence-corrected chi connectivity index (χ3v) is 5.36. The number of imidazole rings is 1. The molecule has 2 aliphatic rings. The molecular weight excluding hydrogens is 298 g/mol. The Morgan fingerprint density at radius 3 is 2.79 bits per heavy atom. The van der Waals surface area contributed by atoms with Gasteiger partial charge in [-0.2, -0.15) is 5.10 Å². The fourth-order valence-electron chi connectivity index (χ4n) is 4.00. The lowest BCUT2D eigenvalue weighted by Gasteiger charge is -2.22. The van der Waals surface area contributed by atoms with Gasteiger partial charge < -0.3 is 4.98 Å². The number of nitrogens with zero attached hydrogens (tertiary/aromatic N) is 4. The first-order valence-corrected chi connectivity index (χ1v) is 9.36. The molecule has 2 aromatic heterocycles. The van der Waals surface area contributed by atoms with E-state index in [0.29, 0.717) is 6.04 Å². The molecular formula is C19H29N5. The van der Waals surface area contributed by atoms with Gasteiger partial charge in [-0.05, 0) is 65.8 Å². The Morgan fingerprint density at radius 2 is 2.04 bits per heavy atom. The summed E-state index contributed by atoms with van der Waals surface area (Å²) >= 11 is 0. The standard InChI is InChI=1S/C19H29N5/c1-19(2,3)24-13-14(11-20-24)12-23-10-6-9-17(23)18-21-15-7-4-5-8-16(15)22-18/h11,13,17H,4-10,12H2,1-3H3,(H,21,22)/t17-/m1/s1. The highest BCUT2D eigenvalue weighted by Gasteiger charge is 2.30. The van der Waals surface area contributed by atoms with Crippen LogP contribution in [-0.4, -0.2) is 31.2 Å². The van der Waals surface area contributed by atoms with Crippen molar-refractivity contribution < 1.29 is 0 Å². The number of hydrogen-bond donors (Lipinski definition) is 1. The highest BCUT2D eigenvalue weighted by molar-refractivity contribution is 5.20. The van der Waals surface area contributed by atoms with Crippen molar-refractivity contribution in [3.8, 4) is 0 Å². The van der Waals surface area contributed by atoms with Crippen molar-refractivity contribution in [3.63, 3.8) is 0 Å². The number of nitrogens with one attached hydrogen (secondary N) is 1. The number of aromatic nitrogens is 4. The SMILES string of the molecule is CC(C)(C)n1cc(CN2CCC[C@@H]2c2nc3c([nH]2)CCCC3)cn1. The Morgan fingerprint density at radius 1 is 1.21 bits per heavy atom. The van der Waals surface area contributed by atoms with Crippen LogP contribution in [0, 0.1) is 0 Å². The van der Waals surface area contributed by atoms with Crippen molar-refractivity contribution in [1.29, 1.82) is 0 Å². The molecule has 0 unspecified atom stereocenters. The third kappa shape index (κ3) is 3.02. The molecule has 24 heavy (non-hydrogen) atoms. The molecule has 0 bridgehead atoms. The van der Waals surface area contributed by atoms with E-state index in [1.807, 2.05) is 6.20 Å². The van der Waals surface area contributed by atoms with Crippen LogP contribution in [0.5, 0.6) is 0 Å². The molecule has 5 heteroatoms. The van der Waals surface area contributed by atoms with Crippen LogP contribution in [0.15, 0.2) is 12.4 Å². The zero-order chi connectivity index (χ0) is 16.7. The van der Waals surface area contributed by atoms with Crippen molar-refractivity contribution >= 4 is 0 Å². The summed E-state index contributed by atoms with van der Waals surface area (Å²) in [7, 11) is 0. The molecule has 1 saturated heterocycles. The average Bonchev–Trinajstić information content (AvgIpc) is 3.25. The predicted octanol–water partition coefficient (Wildman–Crippen LogP) is 3.58. The molecule has 5 nitrogen and oxygen atoms in total. The van der Waals surface area contributed by atoms with Crippen LogP contribution in [-0.2, 0) is 24.9 Å². The molecule has 0 saturated carbocycles. The molecule has 1 aliphatic carbocycles. The fourth-order valence-corrected chi connectivity index (χ4v) is 4.00. The van der Waals surface area contributed by atoms with Crippen LogP contribution in [0.2, 0.25) is 0 Å². The van der Waals surface area contributed by atoms with Gasteiger partial charge in [-0.25, -0.2) is 4.98 Å². The Balaban J connectivity index is 1.50. The first-order chi connectivity index (χ1) is 11.5. The van der Waals surface area contributed by atoms with Gasteiger partial charge in [0.1, 0.15) is 5.82 Å². The molecule has 3 heterocycles. The minimum Gasteiger partial charge on any atom is -0.344 e. The summed E-state index contributed by atoms with van der Waals surface area (Å²) in [6.07, 6.45) is 11.6. The lowest BCUT2D eigenvalue weighted by Crippen LogP contribution is -2.24. The third-order valence-electron chi connectivity index (χ3n) is 5.36. The van der Waals surface area contributed by atoms with E-state index in [-0.39, 0.29) is 5.54 Å². The van der Waals surface area contributed by atoms with Crippen LogP contribution in [0.4, 0.5) is 0 Å². The van der Waals surface area contributed by atoms with E-state index < -0.39 is 0 Å². The largest absolute Gasteiger partial charge is 0.344 e. The normalized spacial score (nSPS) is 22.0. The van der Waals surface area contributed by atoms with Crippen molar-refractivity contribution in [1.82, 2.24) is 24.6 Å². The minimum atomic E-state index is 0.0444. The monoisotopic (exact) mass is 327 g/mol. The number of aryl methyl sites for hydroxylation is 2. The molecule has 130 valence electrons. The Hall–Kier alpha value is -1.62. The highest BCUT2D eigenvalue weighted by atomic mass is 15.3. The van der Waals surface area contributed by atoms with Crippen LogP contribution in [0.25, 0.3) is 0 Å². The van der Waals surface area contributed by atoms with Crippen LogP contribution in [0.3, 0.4) is 0 Å². The van der Waals surface area contributed by atoms with E-state index in [0.717, 1.165) is 19.5 Å². The van der Waals surface area contributed by atoms with E-state index in [4.69, 9.17) is 4.98 Å². The molecule has 0 amide bonds. The number of likely N-dealkylation sites (tertiary alicyclic amines) is 1. The van der Waals surface area contributed by atoms with Gasteiger partial charge in [0, 0.05) is 24.0 Å². The van der Waals surface area contributed by atoms with Crippen molar-refractivity contribution in [2.24, 2.45) is 0 Å². The quantitative estimate of drug-likeness (QED) is 0.937. The minimum absolute atomic E-state index is 0.0444. The molecule has 0 radical (unpaired) electrons. The van der Waals surface area contributed by atoms with E-state index in [1.165, 1.54) is 54.9 Å². The second-order valence-electron chi connectivity index (χ2n) is 8.35. The van der Waals surface area contributed by atoms with Gasteiger partial charge in [0.05, 0.1) is 23.5 Å². The molecule has 1 atom stereocenters. The summed E-state index contributed by atoms with van der Waals surface area (Å²) in [6, 6.07) is 0.439. The van der Waals surface area contributed by atoms with Crippen LogP contribution in [0.1, 0.15) is 75.3 Å². The number of fused-ring (bicyclic) bond motifs is 1. The van der Waals surface area contributed by atoms with Gasteiger partial charge in [0.15, 0.2) is 0 Å². The lowest BCUT2D eigenvalue weighted by molar-refractivity contribution is 0.240. The summed E-state index contributed by atoms with van der Waals surface area (Å²) in [4.78, 5) is 11.2. The summed E-state index contributed by atoms with van der Waals surface area (Å²) in [5, 5.41) is 4.55. The summed E-state index contributed by atoms with van der Waals surface area (Å²) in [6.45, 7) is 8.68. The smallest absolute Gasteiger partial charge is 0.124 e. The maximum Gasteiger partial charge on any atom is 0.124 e. The van der Waals surface area contributed by atoms with Gasteiger partial charge >= 0.3 is 0 Å². The average molecular weight is 327 g/mol. The maximum atomic E-state index is 4.95. The van der Waals surface area contributed by atoms with E-state index in [9.17, 15) is 0 Å². The van der Waals surface area contributed by atoms with Gasteiger partial charge in [0.2, 0.25) is 0 Å². The first-order valence-electron chi connectivity index (χ1n) is 9.36. The number of rotatable bonds is 3. The van der Waals surface area contributed by atoms with Gasteiger partial charge in [-0.1, -0.05) is 0 Å². The second kappa shape index (κ2) is 6.03. The lowest BCUT2D eigenvalue weighted by atomic mass is 10.0. The second-order valence-corrected chi connectivity index (χ2v) is 8.35. The number of H-pyrrole nitrogens is 1. The van der Waals surface area contributed by atoms with Gasteiger partial charge in [0.25, 0.3) is 0 Å². The van der Waals surface area contributed by atoms with Crippen molar-refractivity contribution in [2.45, 2.75) is 77.4 Å². The van der Waals surface area contributed by atoms with Gasteiger partial charge in [-0.3, -0.25) is 9.58 Å². The Kier molecular flexibility index (Phi) is 3.99. The molecule has 2 aromatic rings. The first kappa shape index (κ1) is 15.9. The molecule has 1 aliphatic heterocycles. The van der Waals surface area contributed by atoms with Crippen LogP contribution < -0.4 is 0 Å². The zero-order valence-electron chi connectivity index (χ0n) is 15.2. The van der Waals surface area contributed by atoms with Gasteiger partial charge in [-0.15, -0.1) is 0 Å². The number of hydrogen-bond acceptors (Lipinski definition) is 3. The van der Waals surface area contributed by atoms with E-state index >= 15 is 0 Å². The molecule has 0 aromatic carbocycles. The molecule has 0 spiro atoms. The van der Waals surface area contributed by atoms with Crippen molar-refractivity contribution in [2.75, 3.05) is 6.54 Å². The number of aromatic amines is 1. The molecule has 1 N–H and O–H groups in total. The summed E-state index contributed by atoms with van der Waals surface area (Å²) in [5.41, 5.74) is 4.06. The summed E-state index contributed by atoms with van der Waals surface area (Å²) in [5.74, 6) is 1.20. The zero-order valence-corrected chi connectivity index (χ0v) is 15.2. The molecule has 4 rings (SSSR count). The maximum absolute atomic E-state index is 4.95. The Labute approximate surface area is 144 Å². The summed E-state index contributed by atoms with van der Waals surface area (Å²) < 4.78 is 2.07. The Bertz CT molecular complexity index is 682. The molecule has 1 fully saturated rings. The van der Waals surface area contributed by atoms with Crippen LogP contribution >= 0.6 is 0 Å². The topological polar surface area (TPSA) is 49.7 Å².